The van der Waals surface area contributed by atoms with Crippen LogP contribution in [-0.4, -0.2) is 69.3 Å². The highest BCUT2D eigenvalue weighted by atomic mass is 16.5. The summed E-state index contributed by atoms with van der Waals surface area (Å²) in [4.78, 5) is 7.50. The van der Waals surface area contributed by atoms with E-state index in [-0.39, 0.29) is 7.43 Å². The van der Waals surface area contributed by atoms with E-state index in [9.17, 15) is 0 Å². The van der Waals surface area contributed by atoms with Crippen molar-refractivity contribution in [2.75, 3.05) is 64.4 Å². The van der Waals surface area contributed by atoms with Crippen molar-refractivity contribution in [3.63, 3.8) is 0 Å². The molecule has 0 saturated carbocycles. The molecule has 0 N–H and O–H groups in total. The fraction of sp³-hybridized carbons (Fsp3) is 0.667. The topological polar surface area (TPSA) is 19.0 Å². The molecule has 2 heterocycles. The number of anilines is 1. The Hall–Kier alpha value is -1.26. The molecule has 4 heteroatoms. The lowest BCUT2D eigenvalue weighted by molar-refractivity contribution is 0.153. The normalized spacial score (nSPS) is 19.3. The van der Waals surface area contributed by atoms with Gasteiger partial charge in [0, 0.05) is 32.7 Å². The molecule has 2 aliphatic rings. The first kappa shape index (κ1) is 17.1. The van der Waals surface area contributed by atoms with E-state index in [0.717, 1.165) is 25.4 Å². The summed E-state index contributed by atoms with van der Waals surface area (Å²) in [5, 5.41) is 0. The molecule has 22 heavy (non-hydrogen) atoms. The van der Waals surface area contributed by atoms with Gasteiger partial charge in [0.15, 0.2) is 0 Å². The Morgan fingerprint density at radius 1 is 1.05 bits per heavy atom. The zero-order valence-corrected chi connectivity index (χ0v) is 13.3. The van der Waals surface area contributed by atoms with Gasteiger partial charge in [0.2, 0.25) is 0 Å². The lowest BCUT2D eigenvalue weighted by Crippen LogP contribution is -2.45. The molecule has 1 aromatic carbocycles. The lowest BCUT2D eigenvalue weighted by Gasteiger charge is -2.34. The van der Waals surface area contributed by atoms with Gasteiger partial charge in [0.05, 0.1) is 12.2 Å². The van der Waals surface area contributed by atoms with E-state index in [4.69, 9.17) is 4.74 Å². The van der Waals surface area contributed by atoms with Crippen LogP contribution >= 0.6 is 0 Å². The van der Waals surface area contributed by atoms with E-state index in [1.807, 2.05) is 0 Å². The Morgan fingerprint density at radius 2 is 1.82 bits per heavy atom. The second-order valence-corrected chi connectivity index (χ2v) is 6.31. The van der Waals surface area contributed by atoms with Crippen molar-refractivity contribution in [2.45, 2.75) is 20.8 Å². The first-order chi connectivity index (χ1) is 10.2. The van der Waals surface area contributed by atoms with E-state index in [2.05, 4.69) is 46.9 Å². The highest BCUT2D eigenvalue weighted by molar-refractivity contribution is 5.61. The standard InChI is InChI=1S/C17H27N3O.CH4/c1-15-4-5-17-16(14-15)20(12-13-21-17)7-3-6-19-10-8-18(2)9-11-19;/h4-5,14H,3,6-13H2,1-2H3;1H4. The summed E-state index contributed by atoms with van der Waals surface area (Å²) in [5.74, 6) is 1.05. The Kier molecular flexibility index (Phi) is 6.09. The van der Waals surface area contributed by atoms with Gasteiger partial charge in [-0.2, -0.15) is 0 Å². The smallest absolute Gasteiger partial charge is 0.142 e. The maximum absolute atomic E-state index is 5.76. The van der Waals surface area contributed by atoms with Gasteiger partial charge in [0.1, 0.15) is 12.4 Å². The van der Waals surface area contributed by atoms with Gasteiger partial charge in [0.25, 0.3) is 0 Å². The molecular weight excluding hydrogens is 274 g/mol. The van der Waals surface area contributed by atoms with Crippen molar-refractivity contribution in [1.29, 1.82) is 0 Å². The summed E-state index contributed by atoms with van der Waals surface area (Å²) >= 11 is 0. The van der Waals surface area contributed by atoms with Crippen LogP contribution in [-0.2, 0) is 0 Å². The molecule has 0 aromatic heterocycles. The molecule has 0 atom stereocenters. The molecule has 0 spiro atoms. The second-order valence-electron chi connectivity index (χ2n) is 6.31. The van der Waals surface area contributed by atoms with Crippen LogP contribution in [0.15, 0.2) is 18.2 Å². The third-order valence-corrected chi connectivity index (χ3v) is 4.57. The van der Waals surface area contributed by atoms with Gasteiger partial charge in [-0.05, 0) is 44.6 Å². The molecule has 1 aromatic rings. The number of benzene rings is 1. The van der Waals surface area contributed by atoms with E-state index >= 15 is 0 Å². The number of aryl methyl sites for hydroxylation is 1. The molecule has 0 bridgehead atoms. The van der Waals surface area contributed by atoms with Crippen LogP contribution in [0.2, 0.25) is 0 Å². The van der Waals surface area contributed by atoms with E-state index < -0.39 is 0 Å². The molecule has 2 aliphatic heterocycles. The molecule has 4 nitrogen and oxygen atoms in total. The maximum atomic E-state index is 5.76. The largest absolute Gasteiger partial charge is 0.490 e. The molecule has 1 saturated heterocycles. The van der Waals surface area contributed by atoms with Crippen molar-refractivity contribution >= 4 is 5.69 Å². The quantitative estimate of drug-likeness (QED) is 0.850. The summed E-state index contributed by atoms with van der Waals surface area (Å²) < 4.78 is 5.76. The van der Waals surface area contributed by atoms with Crippen molar-refractivity contribution in [2.24, 2.45) is 0 Å². The van der Waals surface area contributed by atoms with Gasteiger partial charge in [-0.1, -0.05) is 13.5 Å². The Morgan fingerprint density at radius 3 is 2.59 bits per heavy atom. The van der Waals surface area contributed by atoms with Crippen molar-refractivity contribution < 1.29 is 4.74 Å². The van der Waals surface area contributed by atoms with Crippen molar-refractivity contribution in [3.8, 4) is 5.75 Å². The second kappa shape index (κ2) is 7.84. The zero-order chi connectivity index (χ0) is 14.7. The predicted octanol–water partition coefficient (Wildman–Crippen LogP) is 2.47. The molecule has 0 unspecified atom stereocenters. The van der Waals surface area contributed by atoms with Crippen LogP contribution in [0.25, 0.3) is 0 Å². The molecule has 1 fully saturated rings. The molecule has 0 radical (unpaired) electrons. The first-order valence-electron chi connectivity index (χ1n) is 8.12. The third-order valence-electron chi connectivity index (χ3n) is 4.57. The average molecular weight is 305 g/mol. The highest BCUT2D eigenvalue weighted by Crippen LogP contribution is 2.32. The van der Waals surface area contributed by atoms with Crippen LogP contribution in [0.3, 0.4) is 0 Å². The lowest BCUT2D eigenvalue weighted by atomic mass is 10.1. The van der Waals surface area contributed by atoms with Gasteiger partial charge in [-0.15, -0.1) is 0 Å². The number of likely N-dealkylation sites (N-methyl/N-ethyl adjacent to an activating group) is 1. The Labute approximate surface area is 135 Å². The summed E-state index contributed by atoms with van der Waals surface area (Å²) in [5.41, 5.74) is 2.59. The van der Waals surface area contributed by atoms with Gasteiger partial charge >= 0.3 is 0 Å². The maximum Gasteiger partial charge on any atom is 0.142 e. The fourth-order valence-corrected chi connectivity index (χ4v) is 3.17. The summed E-state index contributed by atoms with van der Waals surface area (Å²) in [6, 6.07) is 6.49. The first-order valence-corrected chi connectivity index (χ1v) is 8.12. The number of fused-ring (bicyclic) bond motifs is 1. The van der Waals surface area contributed by atoms with Crippen LogP contribution in [0.1, 0.15) is 19.4 Å². The van der Waals surface area contributed by atoms with Crippen molar-refractivity contribution in [1.82, 2.24) is 9.80 Å². The number of rotatable bonds is 4. The number of piperazine rings is 1. The Bertz CT molecular complexity index is 469. The molecule has 3 rings (SSSR count). The minimum atomic E-state index is 0. The third kappa shape index (κ3) is 4.14. The fourth-order valence-electron chi connectivity index (χ4n) is 3.17. The average Bonchev–Trinajstić information content (AvgIpc) is 2.50. The number of hydrogen-bond donors (Lipinski definition) is 0. The summed E-state index contributed by atoms with van der Waals surface area (Å²) in [6.45, 7) is 11.2. The zero-order valence-electron chi connectivity index (χ0n) is 13.3. The van der Waals surface area contributed by atoms with Gasteiger partial charge < -0.3 is 19.4 Å². The Balaban J connectivity index is 0.00000176. The van der Waals surface area contributed by atoms with Crippen LogP contribution in [0, 0.1) is 6.92 Å². The van der Waals surface area contributed by atoms with E-state index in [1.54, 1.807) is 0 Å². The van der Waals surface area contributed by atoms with E-state index in [1.165, 1.54) is 50.4 Å². The van der Waals surface area contributed by atoms with E-state index in [0.29, 0.717) is 0 Å². The highest BCUT2D eigenvalue weighted by Gasteiger charge is 2.18. The number of hydrogen-bond acceptors (Lipinski definition) is 4. The SMILES string of the molecule is C.Cc1ccc2c(c1)N(CCCN1CCN(C)CC1)CCO2. The minimum absolute atomic E-state index is 0. The monoisotopic (exact) mass is 305 g/mol. The predicted molar refractivity (Wildman–Crippen MR) is 94.2 cm³/mol. The van der Waals surface area contributed by atoms with Crippen molar-refractivity contribution in [3.05, 3.63) is 23.8 Å². The van der Waals surface area contributed by atoms with Gasteiger partial charge in [-0.25, -0.2) is 0 Å². The van der Waals surface area contributed by atoms with Crippen LogP contribution < -0.4 is 9.64 Å². The molecule has 0 aliphatic carbocycles. The number of nitrogens with zero attached hydrogens (tertiary/aromatic N) is 3. The molecular formula is C18H31N3O. The van der Waals surface area contributed by atoms with Gasteiger partial charge in [-0.3, -0.25) is 0 Å². The minimum Gasteiger partial charge on any atom is -0.490 e. The molecule has 124 valence electrons. The van der Waals surface area contributed by atoms with Crippen LogP contribution in [0.5, 0.6) is 5.75 Å². The molecule has 0 amide bonds. The summed E-state index contributed by atoms with van der Waals surface area (Å²) in [7, 11) is 2.21. The number of ether oxygens (including phenoxy) is 1. The summed E-state index contributed by atoms with van der Waals surface area (Å²) in [6.07, 6.45) is 1.23. The van der Waals surface area contributed by atoms with Crippen LogP contribution in [0.4, 0.5) is 5.69 Å².